The van der Waals surface area contributed by atoms with Gasteiger partial charge in [-0.05, 0) is 25.2 Å². The molecule has 9 heteroatoms. The van der Waals surface area contributed by atoms with E-state index in [1.54, 1.807) is 11.9 Å². The molecule has 1 aliphatic heterocycles. The Bertz CT molecular complexity index is 668. The number of benzene rings is 1. The lowest BCUT2D eigenvalue weighted by Crippen LogP contribution is -2.49. The molecule has 7 nitrogen and oxygen atoms in total. The minimum atomic E-state index is -3.77. The zero-order chi connectivity index (χ0) is 17.0. The van der Waals surface area contributed by atoms with Crippen molar-refractivity contribution in [1.29, 1.82) is 0 Å². The zero-order valence-corrected chi connectivity index (χ0v) is 13.6. The number of primary amides is 1. The summed E-state index contributed by atoms with van der Waals surface area (Å²) in [5, 5.41) is 0. The maximum absolute atomic E-state index is 13.3. The second-order valence-corrected chi connectivity index (χ2v) is 7.41. The highest BCUT2D eigenvalue weighted by molar-refractivity contribution is 7.89. The van der Waals surface area contributed by atoms with E-state index in [4.69, 9.17) is 10.5 Å². The van der Waals surface area contributed by atoms with Crippen LogP contribution in [0, 0.1) is 5.82 Å². The highest BCUT2D eigenvalue weighted by Crippen LogP contribution is 2.19. The number of amides is 1. The van der Waals surface area contributed by atoms with Crippen molar-refractivity contribution in [3.05, 3.63) is 30.1 Å². The molecule has 0 saturated carbocycles. The fourth-order valence-corrected chi connectivity index (χ4v) is 3.96. The summed E-state index contributed by atoms with van der Waals surface area (Å²) < 4.78 is 45.2. The first-order valence-corrected chi connectivity index (χ1v) is 8.57. The van der Waals surface area contributed by atoms with Crippen molar-refractivity contribution in [2.75, 3.05) is 39.8 Å². The van der Waals surface area contributed by atoms with Gasteiger partial charge in [-0.15, -0.1) is 0 Å². The van der Waals surface area contributed by atoms with Gasteiger partial charge in [-0.3, -0.25) is 9.69 Å². The Labute approximate surface area is 134 Å². The van der Waals surface area contributed by atoms with Crippen LogP contribution in [0.15, 0.2) is 29.2 Å². The van der Waals surface area contributed by atoms with Crippen LogP contribution in [0.3, 0.4) is 0 Å². The minimum absolute atomic E-state index is 0.0660. The van der Waals surface area contributed by atoms with Crippen LogP contribution < -0.4 is 5.73 Å². The topological polar surface area (TPSA) is 92.9 Å². The van der Waals surface area contributed by atoms with Gasteiger partial charge in [-0.1, -0.05) is 6.07 Å². The van der Waals surface area contributed by atoms with Gasteiger partial charge in [0.1, 0.15) is 5.82 Å². The third kappa shape index (κ3) is 4.71. The Kier molecular flexibility index (Phi) is 5.69. The smallest absolute Gasteiger partial charge is 0.243 e. The monoisotopic (exact) mass is 345 g/mol. The number of carbonyl (C=O) groups is 1. The third-order valence-corrected chi connectivity index (χ3v) is 5.34. The molecule has 0 spiro atoms. The second-order valence-electron chi connectivity index (χ2n) is 5.48. The molecule has 23 heavy (non-hydrogen) atoms. The number of nitrogens with zero attached hydrogens (tertiary/aromatic N) is 2. The molecule has 1 amide bonds. The molecule has 1 saturated heterocycles. The van der Waals surface area contributed by atoms with Gasteiger partial charge < -0.3 is 10.5 Å². The van der Waals surface area contributed by atoms with Crippen LogP contribution >= 0.6 is 0 Å². The van der Waals surface area contributed by atoms with Crippen molar-refractivity contribution < 1.29 is 22.3 Å². The Hall–Kier alpha value is -1.55. The molecule has 1 atom stereocenters. The average molecular weight is 345 g/mol. The molecule has 1 fully saturated rings. The summed E-state index contributed by atoms with van der Waals surface area (Å²) in [5.74, 6) is -1.07. The van der Waals surface area contributed by atoms with Crippen LogP contribution in [-0.4, -0.2) is 69.5 Å². The molecular formula is C14H20FN3O4S. The van der Waals surface area contributed by atoms with E-state index in [-0.39, 0.29) is 37.2 Å². The molecule has 1 aromatic carbocycles. The van der Waals surface area contributed by atoms with Crippen molar-refractivity contribution >= 4 is 15.9 Å². The van der Waals surface area contributed by atoms with E-state index in [1.807, 2.05) is 0 Å². The van der Waals surface area contributed by atoms with Gasteiger partial charge in [0.2, 0.25) is 15.9 Å². The number of nitrogens with two attached hydrogens (primary N) is 1. The van der Waals surface area contributed by atoms with E-state index in [9.17, 15) is 17.6 Å². The molecule has 1 aromatic rings. The van der Waals surface area contributed by atoms with Crippen LogP contribution in [0.2, 0.25) is 0 Å². The van der Waals surface area contributed by atoms with E-state index >= 15 is 0 Å². The first-order valence-electron chi connectivity index (χ1n) is 7.13. The third-order valence-electron chi connectivity index (χ3n) is 3.48. The SMILES string of the molecule is CN(CC(N)=O)CC1CN(S(=O)(=O)c2cccc(F)c2)CCO1. The van der Waals surface area contributed by atoms with Crippen molar-refractivity contribution in [2.45, 2.75) is 11.0 Å². The van der Waals surface area contributed by atoms with Crippen molar-refractivity contribution in [2.24, 2.45) is 5.73 Å². The summed E-state index contributed by atoms with van der Waals surface area (Å²) >= 11 is 0. The van der Waals surface area contributed by atoms with Gasteiger partial charge in [-0.25, -0.2) is 12.8 Å². The van der Waals surface area contributed by atoms with E-state index in [0.717, 1.165) is 6.07 Å². The van der Waals surface area contributed by atoms with E-state index in [2.05, 4.69) is 0 Å². The average Bonchev–Trinajstić information content (AvgIpc) is 2.46. The fourth-order valence-electron chi connectivity index (χ4n) is 2.48. The summed E-state index contributed by atoms with van der Waals surface area (Å²) in [4.78, 5) is 12.5. The van der Waals surface area contributed by atoms with Crippen LogP contribution in [0.25, 0.3) is 0 Å². The molecule has 2 N–H and O–H groups in total. The summed E-state index contributed by atoms with van der Waals surface area (Å²) in [5.41, 5.74) is 5.12. The second kappa shape index (κ2) is 7.35. The number of sulfonamides is 1. The quantitative estimate of drug-likeness (QED) is 0.759. The maximum atomic E-state index is 13.3. The van der Waals surface area contributed by atoms with Crippen LogP contribution in [0.4, 0.5) is 4.39 Å². The van der Waals surface area contributed by atoms with Gasteiger partial charge in [0.25, 0.3) is 0 Å². The number of halogens is 1. The van der Waals surface area contributed by atoms with Crippen molar-refractivity contribution in [3.63, 3.8) is 0 Å². The highest BCUT2D eigenvalue weighted by Gasteiger charge is 2.31. The zero-order valence-electron chi connectivity index (χ0n) is 12.8. The Morgan fingerprint density at radius 3 is 2.91 bits per heavy atom. The van der Waals surface area contributed by atoms with Crippen LogP contribution in [-0.2, 0) is 19.6 Å². The van der Waals surface area contributed by atoms with Crippen LogP contribution in [0.1, 0.15) is 0 Å². The Morgan fingerprint density at radius 2 is 2.26 bits per heavy atom. The predicted molar refractivity (Wildman–Crippen MR) is 81.6 cm³/mol. The van der Waals surface area contributed by atoms with E-state index in [1.165, 1.54) is 22.5 Å². The molecule has 128 valence electrons. The highest BCUT2D eigenvalue weighted by atomic mass is 32.2. The van der Waals surface area contributed by atoms with E-state index < -0.39 is 21.7 Å². The molecule has 0 aliphatic carbocycles. The molecule has 0 aromatic heterocycles. The molecule has 0 bridgehead atoms. The lowest BCUT2D eigenvalue weighted by atomic mass is 10.3. The summed E-state index contributed by atoms with van der Waals surface area (Å²) in [6.07, 6.45) is -0.378. The minimum Gasteiger partial charge on any atom is -0.374 e. The lowest BCUT2D eigenvalue weighted by molar-refractivity contribution is -0.119. The van der Waals surface area contributed by atoms with Crippen LogP contribution in [0.5, 0.6) is 0 Å². The Balaban J connectivity index is 2.07. The predicted octanol–water partition coefficient (Wildman–Crippen LogP) is -0.368. The summed E-state index contributed by atoms with van der Waals surface area (Å²) in [6, 6.07) is 4.92. The standard InChI is InChI=1S/C14H20FN3O4S/c1-17(10-14(16)19)8-12-9-18(5-6-22-12)23(20,21)13-4-2-3-11(15)7-13/h2-4,7,12H,5-6,8-10H2,1H3,(H2,16,19). The summed E-state index contributed by atoms with van der Waals surface area (Å²) in [6.45, 7) is 1.02. The molecular weight excluding hydrogens is 325 g/mol. The van der Waals surface area contributed by atoms with Crippen molar-refractivity contribution in [3.8, 4) is 0 Å². The van der Waals surface area contributed by atoms with Gasteiger partial charge in [0, 0.05) is 19.6 Å². The van der Waals surface area contributed by atoms with E-state index in [0.29, 0.717) is 6.54 Å². The molecule has 1 heterocycles. The first kappa shape index (κ1) is 17.8. The fraction of sp³-hybridized carbons (Fsp3) is 0.500. The largest absolute Gasteiger partial charge is 0.374 e. The number of likely N-dealkylation sites (N-methyl/N-ethyl adjacent to an activating group) is 1. The number of hydrogen-bond acceptors (Lipinski definition) is 5. The molecule has 1 aliphatic rings. The van der Waals surface area contributed by atoms with Gasteiger partial charge in [0.15, 0.2) is 0 Å². The molecule has 1 unspecified atom stereocenters. The van der Waals surface area contributed by atoms with Gasteiger partial charge in [-0.2, -0.15) is 4.31 Å². The summed E-state index contributed by atoms with van der Waals surface area (Å²) in [7, 11) is -2.07. The number of morpholine rings is 1. The maximum Gasteiger partial charge on any atom is 0.243 e. The first-order chi connectivity index (χ1) is 10.8. The number of hydrogen-bond donors (Lipinski definition) is 1. The number of rotatable bonds is 6. The number of ether oxygens (including phenoxy) is 1. The van der Waals surface area contributed by atoms with Crippen molar-refractivity contribution in [1.82, 2.24) is 9.21 Å². The lowest BCUT2D eigenvalue weighted by Gasteiger charge is -2.33. The normalized spacial score (nSPS) is 19.9. The van der Waals surface area contributed by atoms with Gasteiger partial charge >= 0.3 is 0 Å². The number of carbonyl (C=O) groups excluding carboxylic acids is 1. The van der Waals surface area contributed by atoms with Gasteiger partial charge in [0.05, 0.1) is 24.2 Å². The molecule has 2 rings (SSSR count). The Morgan fingerprint density at radius 1 is 1.52 bits per heavy atom. The molecule has 0 radical (unpaired) electrons.